The van der Waals surface area contributed by atoms with Crippen LogP contribution in [0.25, 0.3) is 0 Å². The third-order valence-corrected chi connectivity index (χ3v) is 3.23. The molecule has 0 aliphatic carbocycles. The molecule has 0 aromatic carbocycles. The van der Waals surface area contributed by atoms with Crippen LogP contribution in [0, 0.1) is 5.92 Å². The van der Waals surface area contributed by atoms with Gasteiger partial charge < -0.3 is 14.4 Å². The summed E-state index contributed by atoms with van der Waals surface area (Å²) < 4.78 is 5.38. The Kier molecular flexibility index (Phi) is 4.17. The van der Waals surface area contributed by atoms with E-state index in [9.17, 15) is 9.59 Å². The van der Waals surface area contributed by atoms with E-state index in [0.29, 0.717) is 0 Å². The lowest BCUT2D eigenvalue weighted by Gasteiger charge is -2.42. The van der Waals surface area contributed by atoms with Crippen molar-refractivity contribution in [1.29, 1.82) is 0 Å². The van der Waals surface area contributed by atoms with Crippen LogP contribution in [0.5, 0.6) is 0 Å². The van der Waals surface area contributed by atoms with E-state index in [0.717, 1.165) is 19.1 Å². The number of carbonyl (C=O) groups is 2. The molecule has 0 saturated carbocycles. The van der Waals surface area contributed by atoms with Crippen molar-refractivity contribution in [3.05, 3.63) is 0 Å². The second-order valence-corrected chi connectivity index (χ2v) is 5.85. The number of aldehydes is 1. The van der Waals surface area contributed by atoms with Gasteiger partial charge in [-0.3, -0.25) is 0 Å². The van der Waals surface area contributed by atoms with Crippen LogP contribution in [-0.4, -0.2) is 35.0 Å². The molecule has 1 saturated heterocycles. The number of piperidine rings is 1. The summed E-state index contributed by atoms with van der Waals surface area (Å²) in [4.78, 5) is 24.7. The molecule has 0 spiro atoms. The van der Waals surface area contributed by atoms with E-state index in [-0.39, 0.29) is 24.1 Å². The summed E-state index contributed by atoms with van der Waals surface area (Å²) in [7, 11) is 0. The minimum Gasteiger partial charge on any atom is -0.444 e. The molecule has 4 heteroatoms. The highest BCUT2D eigenvalue weighted by Gasteiger charge is 2.37. The fourth-order valence-electron chi connectivity index (χ4n) is 2.26. The maximum atomic E-state index is 12.1. The second kappa shape index (κ2) is 5.07. The highest BCUT2D eigenvalue weighted by molar-refractivity contribution is 5.70. The first-order valence-electron chi connectivity index (χ1n) is 6.23. The molecule has 1 heterocycles. The maximum absolute atomic E-state index is 12.1. The molecule has 1 aliphatic heterocycles. The molecule has 1 fully saturated rings. The fraction of sp³-hybridized carbons (Fsp3) is 0.846. The monoisotopic (exact) mass is 241 g/mol. The van der Waals surface area contributed by atoms with Crippen LogP contribution in [-0.2, 0) is 9.53 Å². The molecular formula is C13H23NO3. The highest BCUT2D eigenvalue weighted by Crippen LogP contribution is 2.28. The van der Waals surface area contributed by atoms with Crippen molar-refractivity contribution in [3.63, 3.8) is 0 Å². The van der Waals surface area contributed by atoms with Crippen molar-refractivity contribution in [1.82, 2.24) is 4.90 Å². The second-order valence-electron chi connectivity index (χ2n) is 5.85. The molecule has 98 valence electrons. The van der Waals surface area contributed by atoms with Crippen molar-refractivity contribution in [2.45, 2.75) is 65.1 Å². The number of hydrogen-bond acceptors (Lipinski definition) is 3. The van der Waals surface area contributed by atoms with Crippen LogP contribution >= 0.6 is 0 Å². The average molecular weight is 241 g/mol. The first-order chi connectivity index (χ1) is 7.76. The first-order valence-corrected chi connectivity index (χ1v) is 6.23. The van der Waals surface area contributed by atoms with Crippen LogP contribution in [0.15, 0.2) is 0 Å². The minimum absolute atomic E-state index is 0.0706. The van der Waals surface area contributed by atoms with Crippen molar-refractivity contribution >= 4 is 12.4 Å². The van der Waals surface area contributed by atoms with E-state index in [2.05, 4.69) is 0 Å². The molecule has 3 atom stereocenters. The normalized spacial score (nSPS) is 29.9. The lowest BCUT2D eigenvalue weighted by atomic mass is 9.88. The quantitative estimate of drug-likeness (QED) is 0.663. The molecule has 0 aromatic heterocycles. The Labute approximate surface area is 103 Å². The molecule has 0 N–H and O–H groups in total. The maximum Gasteiger partial charge on any atom is 0.410 e. The van der Waals surface area contributed by atoms with Crippen molar-refractivity contribution in [3.8, 4) is 0 Å². The summed E-state index contributed by atoms with van der Waals surface area (Å²) in [5, 5.41) is 0. The molecule has 0 aromatic rings. The molecule has 1 amide bonds. The van der Waals surface area contributed by atoms with Crippen LogP contribution < -0.4 is 0 Å². The summed E-state index contributed by atoms with van der Waals surface area (Å²) in [5.74, 6) is -0.0706. The van der Waals surface area contributed by atoms with E-state index in [1.807, 2.05) is 34.6 Å². The van der Waals surface area contributed by atoms with Crippen LogP contribution in [0.4, 0.5) is 4.79 Å². The summed E-state index contributed by atoms with van der Waals surface area (Å²) in [6.07, 6.45) is 2.34. The molecule has 3 unspecified atom stereocenters. The number of ether oxygens (including phenoxy) is 1. The number of amides is 1. The van der Waals surface area contributed by atoms with Gasteiger partial charge in [-0.05, 0) is 47.5 Å². The zero-order valence-electron chi connectivity index (χ0n) is 11.4. The van der Waals surface area contributed by atoms with E-state index >= 15 is 0 Å². The van der Waals surface area contributed by atoms with E-state index < -0.39 is 5.60 Å². The van der Waals surface area contributed by atoms with Gasteiger partial charge in [0.25, 0.3) is 0 Å². The van der Waals surface area contributed by atoms with Gasteiger partial charge in [0.15, 0.2) is 0 Å². The van der Waals surface area contributed by atoms with Gasteiger partial charge in [0.05, 0.1) is 0 Å². The predicted molar refractivity (Wildman–Crippen MR) is 65.8 cm³/mol. The van der Waals surface area contributed by atoms with Crippen molar-refractivity contribution in [2.75, 3.05) is 0 Å². The van der Waals surface area contributed by atoms with Gasteiger partial charge in [-0.2, -0.15) is 0 Å². The molecule has 0 bridgehead atoms. The number of rotatable bonds is 1. The van der Waals surface area contributed by atoms with Crippen LogP contribution in [0.1, 0.15) is 47.5 Å². The Hall–Kier alpha value is -1.06. The van der Waals surface area contributed by atoms with Gasteiger partial charge in [0.1, 0.15) is 11.9 Å². The predicted octanol–water partition coefficient (Wildman–Crippen LogP) is 2.61. The number of carbonyl (C=O) groups excluding carboxylic acids is 2. The molecule has 1 aliphatic rings. The van der Waals surface area contributed by atoms with Gasteiger partial charge >= 0.3 is 6.09 Å². The lowest BCUT2D eigenvalue weighted by Crippen LogP contribution is -2.53. The smallest absolute Gasteiger partial charge is 0.410 e. The summed E-state index contributed by atoms with van der Waals surface area (Å²) >= 11 is 0. The Morgan fingerprint density at radius 2 is 1.88 bits per heavy atom. The standard InChI is InChI=1S/C13H23NO3/c1-9-6-7-11(8-15)10(2)14(9)12(16)17-13(3,4)5/h8-11H,6-7H2,1-5H3. The Bertz CT molecular complexity index is 296. The van der Waals surface area contributed by atoms with Crippen molar-refractivity contribution in [2.24, 2.45) is 5.92 Å². The number of likely N-dealkylation sites (tertiary alicyclic amines) is 1. The first kappa shape index (κ1) is 14.0. The van der Waals surface area contributed by atoms with E-state index in [4.69, 9.17) is 4.74 Å². The SMILES string of the molecule is CC1CCC(C=O)C(C)N1C(=O)OC(C)(C)C. The minimum atomic E-state index is -0.495. The molecule has 0 radical (unpaired) electrons. The highest BCUT2D eigenvalue weighted by atomic mass is 16.6. The number of hydrogen-bond donors (Lipinski definition) is 0. The summed E-state index contributed by atoms with van der Waals surface area (Å²) in [6, 6.07) is 0.0575. The Morgan fingerprint density at radius 3 is 2.35 bits per heavy atom. The zero-order valence-corrected chi connectivity index (χ0v) is 11.4. The summed E-state index contributed by atoms with van der Waals surface area (Å²) in [5.41, 5.74) is -0.495. The fourth-order valence-corrected chi connectivity index (χ4v) is 2.26. The largest absolute Gasteiger partial charge is 0.444 e. The van der Waals surface area contributed by atoms with Gasteiger partial charge in [-0.15, -0.1) is 0 Å². The molecule has 17 heavy (non-hydrogen) atoms. The van der Waals surface area contributed by atoms with Gasteiger partial charge in [0, 0.05) is 18.0 Å². The lowest BCUT2D eigenvalue weighted by molar-refractivity contribution is -0.114. The van der Waals surface area contributed by atoms with Gasteiger partial charge in [-0.1, -0.05) is 0 Å². The Morgan fingerprint density at radius 1 is 1.29 bits per heavy atom. The Balaban J connectivity index is 2.78. The van der Waals surface area contributed by atoms with Gasteiger partial charge in [-0.25, -0.2) is 4.79 Å². The molecular weight excluding hydrogens is 218 g/mol. The zero-order chi connectivity index (χ0) is 13.2. The topological polar surface area (TPSA) is 46.6 Å². The number of nitrogens with zero attached hydrogens (tertiary/aromatic N) is 1. The molecule has 4 nitrogen and oxygen atoms in total. The summed E-state index contributed by atoms with van der Waals surface area (Å²) in [6.45, 7) is 9.46. The van der Waals surface area contributed by atoms with Crippen molar-refractivity contribution < 1.29 is 14.3 Å². The third kappa shape index (κ3) is 3.45. The van der Waals surface area contributed by atoms with Crippen LogP contribution in [0.3, 0.4) is 0 Å². The van der Waals surface area contributed by atoms with Crippen LogP contribution in [0.2, 0.25) is 0 Å². The molecule has 1 rings (SSSR count). The van der Waals surface area contributed by atoms with E-state index in [1.54, 1.807) is 4.90 Å². The average Bonchev–Trinajstić information content (AvgIpc) is 2.15. The third-order valence-electron chi connectivity index (χ3n) is 3.23. The van der Waals surface area contributed by atoms with E-state index in [1.165, 1.54) is 0 Å². The van der Waals surface area contributed by atoms with Gasteiger partial charge in [0.2, 0.25) is 0 Å².